The quantitative estimate of drug-likeness (QED) is 0.312. The molecule has 0 radical (unpaired) electrons. The van der Waals surface area contributed by atoms with Gasteiger partial charge in [0.1, 0.15) is 0 Å². The van der Waals surface area contributed by atoms with Crippen LogP contribution in [0, 0.1) is 0 Å². The van der Waals surface area contributed by atoms with Gasteiger partial charge in [-0.25, -0.2) is 8.42 Å². The summed E-state index contributed by atoms with van der Waals surface area (Å²) < 4.78 is 33.7. The molecule has 0 fully saturated rings. The highest BCUT2D eigenvalue weighted by molar-refractivity contribution is 7.89. The van der Waals surface area contributed by atoms with Crippen LogP contribution >= 0.6 is 0 Å². The van der Waals surface area contributed by atoms with E-state index < -0.39 is 10.0 Å². The molecule has 6 heteroatoms. The Hall–Kier alpha value is -2.57. The zero-order valence-corrected chi connectivity index (χ0v) is 20.2. The molecule has 0 aromatic heterocycles. The first kappa shape index (κ1) is 26.5. The Kier molecular flexibility index (Phi) is 11.7. The maximum Gasteiger partial charge on any atom is 0.264 e. The number of methoxy groups -OCH3 is 1. The Labute approximate surface area is 188 Å². The fourth-order valence-corrected chi connectivity index (χ4v) is 4.37. The van der Waals surface area contributed by atoms with Crippen molar-refractivity contribution in [3.8, 4) is 0 Å². The maximum atomic E-state index is 13.6. The molecule has 1 rings (SSSR count). The van der Waals surface area contributed by atoms with Gasteiger partial charge in [0, 0.05) is 6.54 Å². The zero-order chi connectivity index (χ0) is 23.3. The van der Waals surface area contributed by atoms with Crippen LogP contribution in [0.15, 0.2) is 95.3 Å². The molecule has 0 aliphatic carbocycles. The van der Waals surface area contributed by atoms with Crippen molar-refractivity contribution in [1.29, 1.82) is 0 Å². The summed E-state index contributed by atoms with van der Waals surface area (Å²) in [6.45, 7) is 9.32. The Bertz CT molecular complexity index is 911. The molecule has 5 nitrogen and oxygen atoms in total. The predicted octanol–water partition coefficient (Wildman–Crippen LogP) is 5.14. The van der Waals surface area contributed by atoms with Crippen LogP contribution in [-0.4, -0.2) is 51.9 Å². The van der Waals surface area contributed by atoms with E-state index in [4.69, 9.17) is 4.74 Å². The molecule has 170 valence electrons. The van der Waals surface area contributed by atoms with Crippen molar-refractivity contribution in [3.63, 3.8) is 0 Å². The molecule has 1 aromatic carbocycles. The van der Waals surface area contributed by atoms with Crippen LogP contribution in [0.1, 0.15) is 26.7 Å². The largest absolute Gasteiger partial charge is 0.504 e. The lowest BCUT2D eigenvalue weighted by atomic mass is 10.0. The van der Waals surface area contributed by atoms with E-state index in [-0.39, 0.29) is 4.90 Å². The van der Waals surface area contributed by atoms with Gasteiger partial charge in [-0.1, -0.05) is 49.9 Å². The fourth-order valence-electron chi connectivity index (χ4n) is 2.81. The normalized spacial score (nSPS) is 13.4. The van der Waals surface area contributed by atoms with Crippen LogP contribution in [0.5, 0.6) is 0 Å². The molecule has 0 aliphatic heterocycles. The highest BCUT2D eigenvalue weighted by Gasteiger charge is 2.27. The van der Waals surface area contributed by atoms with Crippen molar-refractivity contribution < 1.29 is 13.2 Å². The van der Waals surface area contributed by atoms with Crippen LogP contribution in [0.4, 0.5) is 0 Å². The summed E-state index contributed by atoms with van der Waals surface area (Å²) in [4.78, 5) is 2.29. The molecule has 0 saturated heterocycles. The van der Waals surface area contributed by atoms with Gasteiger partial charge in [-0.15, -0.1) is 0 Å². The van der Waals surface area contributed by atoms with E-state index in [0.717, 1.165) is 18.5 Å². The molecule has 31 heavy (non-hydrogen) atoms. The number of ether oxygens (including phenoxy) is 1. The Balaban J connectivity index is 3.51. The third-order valence-electron chi connectivity index (χ3n) is 4.54. The van der Waals surface area contributed by atoms with Crippen molar-refractivity contribution >= 4 is 10.0 Å². The second-order valence-electron chi connectivity index (χ2n) is 7.33. The molecular formula is C25H36N2O3S. The zero-order valence-electron chi connectivity index (χ0n) is 19.4. The second-order valence-corrected chi connectivity index (χ2v) is 9.19. The Morgan fingerprint density at radius 2 is 1.77 bits per heavy atom. The van der Waals surface area contributed by atoms with Crippen molar-refractivity contribution in [2.45, 2.75) is 31.6 Å². The van der Waals surface area contributed by atoms with E-state index in [9.17, 15) is 8.42 Å². The monoisotopic (exact) mass is 444 g/mol. The van der Waals surface area contributed by atoms with Crippen molar-refractivity contribution in [2.24, 2.45) is 0 Å². The maximum absolute atomic E-state index is 13.6. The van der Waals surface area contributed by atoms with Crippen LogP contribution < -0.4 is 0 Å². The molecule has 1 aromatic rings. The second kappa shape index (κ2) is 13.7. The van der Waals surface area contributed by atoms with Gasteiger partial charge in [-0.05, 0) is 75.8 Å². The van der Waals surface area contributed by atoms with E-state index in [1.807, 2.05) is 44.1 Å². The van der Waals surface area contributed by atoms with Gasteiger partial charge >= 0.3 is 0 Å². The van der Waals surface area contributed by atoms with Crippen molar-refractivity contribution in [3.05, 3.63) is 90.4 Å². The number of allylic oxidation sites excluding steroid dienone is 6. The number of nitrogens with zero attached hydrogens (tertiary/aromatic N) is 2. The highest BCUT2D eigenvalue weighted by Crippen LogP contribution is 2.28. The van der Waals surface area contributed by atoms with Crippen molar-refractivity contribution in [2.75, 3.05) is 34.3 Å². The summed E-state index contributed by atoms with van der Waals surface area (Å²) in [5, 5.41) is 0. The van der Waals surface area contributed by atoms with Crippen molar-refractivity contribution in [1.82, 2.24) is 9.21 Å². The highest BCUT2D eigenvalue weighted by atomic mass is 32.2. The van der Waals surface area contributed by atoms with Gasteiger partial charge in [-0.3, -0.25) is 4.31 Å². The smallest absolute Gasteiger partial charge is 0.264 e. The molecule has 0 aliphatic rings. The summed E-state index contributed by atoms with van der Waals surface area (Å²) in [5.41, 5.74) is 2.06. The van der Waals surface area contributed by atoms with Gasteiger partial charge in [0.25, 0.3) is 10.0 Å². The van der Waals surface area contributed by atoms with E-state index >= 15 is 0 Å². The van der Waals surface area contributed by atoms with Crippen LogP contribution in [0.2, 0.25) is 0 Å². The topological polar surface area (TPSA) is 49.9 Å². The number of hydrogen-bond donors (Lipinski definition) is 0. The predicted molar refractivity (Wildman–Crippen MR) is 130 cm³/mol. The van der Waals surface area contributed by atoms with E-state index in [1.54, 1.807) is 49.6 Å². The molecule has 0 bridgehead atoms. The average molecular weight is 445 g/mol. The summed E-state index contributed by atoms with van der Waals surface area (Å²) in [5.74, 6) is 0. The molecule has 0 amide bonds. The fraction of sp³-hybridized carbons (Fsp3) is 0.360. The lowest BCUT2D eigenvalue weighted by molar-refractivity contribution is 0.338. The standard InChI is InChI=1S/C25H36N2O3S/c1-7-8-10-15-22(2)23(3)25(18-13-21-30-6)27(20-14-19-26(4)5)31(28,29)24-16-11-9-12-17-24/h8-13,15-18,21H,3,7,14,19-20H2,1-2,4-6H3/b10-8-,21-13+,22-15+,25-18+. The van der Waals surface area contributed by atoms with Gasteiger partial charge in [0.2, 0.25) is 0 Å². The third kappa shape index (κ3) is 8.59. The SMILES string of the molecule is C=C(/C(C)=C/C=C\CC)/C(=C\C=C\OC)N(CCCN(C)C)S(=O)(=O)c1ccccc1. The molecular weight excluding hydrogens is 408 g/mol. The van der Waals surface area contributed by atoms with Crippen LogP contribution in [0.3, 0.4) is 0 Å². The Morgan fingerprint density at radius 3 is 2.35 bits per heavy atom. The van der Waals surface area contributed by atoms with Crippen LogP contribution in [0.25, 0.3) is 0 Å². The van der Waals surface area contributed by atoms with Crippen LogP contribution in [-0.2, 0) is 14.8 Å². The lowest BCUT2D eigenvalue weighted by Crippen LogP contribution is -2.33. The Morgan fingerprint density at radius 1 is 1.10 bits per heavy atom. The molecule has 0 N–H and O–H groups in total. The third-order valence-corrected chi connectivity index (χ3v) is 6.37. The first-order chi connectivity index (χ1) is 14.8. The van der Waals surface area contributed by atoms with Gasteiger partial charge in [-0.2, -0.15) is 0 Å². The molecule has 0 unspecified atom stereocenters. The number of benzene rings is 1. The van der Waals surface area contributed by atoms with Gasteiger partial charge in [0.05, 0.1) is 24.0 Å². The van der Waals surface area contributed by atoms with Gasteiger partial charge in [0.15, 0.2) is 0 Å². The minimum absolute atomic E-state index is 0.252. The molecule has 0 saturated carbocycles. The van der Waals surface area contributed by atoms with E-state index in [0.29, 0.717) is 24.2 Å². The van der Waals surface area contributed by atoms with E-state index in [2.05, 4.69) is 13.5 Å². The molecule has 0 atom stereocenters. The number of sulfonamides is 1. The van der Waals surface area contributed by atoms with E-state index in [1.165, 1.54) is 10.6 Å². The minimum atomic E-state index is -3.77. The summed E-state index contributed by atoms with van der Waals surface area (Å²) in [6.07, 6.45) is 12.5. The summed E-state index contributed by atoms with van der Waals surface area (Å²) in [7, 11) is 1.72. The molecule has 0 spiro atoms. The summed E-state index contributed by atoms with van der Waals surface area (Å²) >= 11 is 0. The number of hydrogen-bond acceptors (Lipinski definition) is 4. The first-order valence-electron chi connectivity index (χ1n) is 10.4. The summed E-state index contributed by atoms with van der Waals surface area (Å²) in [6, 6.07) is 8.50. The first-order valence-corrected chi connectivity index (χ1v) is 11.8. The van der Waals surface area contributed by atoms with Gasteiger partial charge < -0.3 is 9.64 Å². The average Bonchev–Trinajstić information content (AvgIpc) is 2.75. The minimum Gasteiger partial charge on any atom is -0.504 e. The number of rotatable bonds is 13. The molecule has 0 heterocycles. The lowest BCUT2D eigenvalue weighted by Gasteiger charge is -2.29.